The third-order valence-electron chi connectivity index (χ3n) is 3.15. The van der Waals surface area contributed by atoms with Crippen LogP contribution in [0.1, 0.15) is 18.4 Å². The van der Waals surface area contributed by atoms with Gasteiger partial charge in [-0.1, -0.05) is 15.9 Å². The molecular formula is C12H16BrN3O. The predicted octanol–water partition coefficient (Wildman–Crippen LogP) is 1.69. The van der Waals surface area contributed by atoms with Crippen molar-refractivity contribution in [1.29, 1.82) is 5.41 Å². The lowest BCUT2D eigenvalue weighted by Crippen LogP contribution is -2.33. The van der Waals surface area contributed by atoms with E-state index in [1.54, 1.807) is 0 Å². The second-order valence-electron chi connectivity index (χ2n) is 4.25. The summed E-state index contributed by atoms with van der Waals surface area (Å²) in [7, 11) is 0. The quantitative estimate of drug-likeness (QED) is 0.587. The number of anilines is 1. The maximum absolute atomic E-state index is 9.36. The molecule has 4 nitrogen and oxygen atoms in total. The maximum Gasteiger partial charge on any atom is 0.124 e. The third kappa shape index (κ3) is 2.45. The Kier molecular flexibility index (Phi) is 3.69. The summed E-state index contributed by atoms with van der Waals surface area (Å²) in [6, 6.07) is 5.83. The van der Waals surface area contributed by atoms with E-state index >= 15 is 0 Å². The lowest BCUT2D eigenvalue weighted by molar-refractivity contribution is 0.266. The molecule has 0 radical (unpaired) electrons. The number of benzene rings is 1. The molecule has 0 saturated carbocycles. The molecule has 0 bridgehead atoms. The van der Waals surface area contributed by atoms with Crippen molar-refractivity contribution >= 4 is 27.5 Å². The molecule has 0 aromatic heterocycles. The number of aliphatic hydroxyl groups is 1. The van der Waals surface area contributed by atoms with Gasteiger partial charge >= 0.3 is 0 Å². The highest BCUT2D eigenvalue weighted by Gasteiger charge is 2.26. The van der Waals surface area contributed by atoms with Crippen molar-refractivity contribution < 1.29 is 5.11 Å². The van der Waals surface area contributed by atoms with E-state index in [4.69, 9.17) is 11.1 Å². The predicted molar refractivity (Wildman–Crippen MR) is 72.6 cm³/mol. The fourth-order valence-corrected chi connectivity index (χ4v) is 2.66. The van der Waals surface area contributed by atoms with Crippen LogP contribution in [0.5, 0.6) is 0 Å². The van der Waals surface area contributed by atoms with Gasteiger partial charge in [-0.05, 0) is 31.0 Å². The van der Waals surface area contributed by atoms with E-state index < -0.39 is 0 Å². The van der Waals surface area contributed by atoms with Crippen LogP contribution < -0.4 is 10.6 Å². The number of nitrogens with zero attached hydrogens (tertiary/aromatic N) is 1. The lowest BCUT2D eigenvalue weighted by Gasteiger charge is -2.27. The first-order valence-electron chi connectivity index (χ1n) is 5.65. The molecule has 1 fully saturated rings. The minimum absolute atomic E-state index is 0.0658. The van der Waals surface area contributed by atoms with Crippen LogP contribution in [0.2, 0.25) is 0 Å². The van der Waals surface area contributed by atoms with Crippen molar-refractivity contribution in [2.75, 3.05) is 18.1 Å². The standard InChI is InChI=1S/C12H16BrN3O/c13-8-3-4-10(12(14)15)11(6-8)16-5-1-2-9(16)7-17/h3-4,6,9,17H,1-2,5,7H2,(H3,14,15). The second-order valence-corrected chi connectivity index (χ2v) is 5.16. The van der Waals surface area contributed by atoms with Crippen LogP contribution in [0.3, 0.4) is 0 Å². The summed E-state index contributed by atoms with van der Waals surface area (Å²) in [5.74, 6) is 0.0658. The molecule has 0 amide bonds. The number of nitrogens with two attached hydrogens (primary N) is 1. The molecule has 1 aliphatic heterocycles. The third-order valence-corrected chi connectivity index (χ3v) is 3.64. The Bertz CT molecular complexity index is 436. The van der Waals surface area contributed by atoms with Crippen LogP contribution in [0.4, 0.5) is 5.69 Å². The van der Waals surface area contributed by atoms with Crippen molar-refractivity contribution in [2.24, 2.45) is 5.73 Å². The van der Waals surface area contributed by atoms with E-state index in [9.17, 15) is 5.11 Å². The van der Waals surface area contributed by atoms with Crippen LogP contribution in [0, 0.1) is 5.41 Å². The summed E-state index contributed by atoms with van der Waals surface area (Å²) < 4.78 is 0.959. The van der Waals surface area contributed by atoms with E-state index in [-0.39, 0.29) is 18.5 Å². The summed E-state index contributed by atoms with van der Waals surface area (Å²) in [6.45, 7) is 1.05. The molecule has 1 aliphatic rings. The van der Waals surface area contributed by atoms with Crippen molar-refractivity contribution in [3.63, 3.8) is 0 Å². The van der Waals surface area contributed by atoms with Crippen molar-refractivity contribution in [3.8, 4) is 0 Å². The van der Waals surface area contributed by atoms with Gasteiger partial charge in [-0.25, -0.2) is 0 Å². The Balaban J connectivity index is 2.42. The molecule has 17 heavy (non-hydrogen) atoms. The number of nitrogens with one attached hydrogen (secondary N) is 1. The molecule has 5 heteroatoms. The van der Waals surface area contributed by atoms with Crippen LogP contribution in [-0.2, 0) is 0 Å². The summed E-state index contributed by atoms with van der Waals surface area (Å²) >= 11 is 3.43. The number of amidine groups is 1. The fraction of sp³-hybridized carbons (Fsp3) is 0.417. The fourth-order valence-electron chi connectivity index (χ4n) is 2.31. The Hall–Kier alpha value is -1.07. The molecule has 1 atom stereocenters. The molecule has 0 spiro atoms. The van der Waals surface area contributed by atoms with E-state index in [0.717, 1.165) is 35.1 Å². The molecule has 0 aliphatic carbocycles. The Morgan fingerprint density at radius 2 is 2.35 bits per heavy atom. The lowest BCUT2D eigenvalue weighted by atomic mass is 10.1. The molecule has 2 rings (SSSR count). The molecule has 1 aromatic carbocycles. The Morgan fingerprint density at radius 1 is 1.59 bits per heavy atom. The highest BCUT2D eigenvalue weighted by atomic mass is 79.9. The second kappa shape index (κ2) is 5.06. The van der Waals surface area contributed by atoms with Gasteiger partial charge in [0, 0.05) is 22.3 Å². The van der Waals surface area contributed by atoms with Crippen LogP contribution in [0.15, 0.2) is 22.7 Å². The molecule has 92 valence electrons. The van der Waals surface area contributed by atoms with Crippen molar-refractivity contribution in [1.82, 2.24) is 0 Å². The zero-order valence-electron chi connectivity index (χ0n) is 9.49. The van der Waals surface area contributed by atoms with Gasteiger partial charge in [0.1, 0.15) is 5.84 Å². The minimum Gasteiger partial charge on any atom is -0.394 e. The van der Waals surface area contributed by atoms with E-state index in [2.05, 4.69) is 20.8 Å². The first kappa shape index (κ1) is 12.4. The van der Waals surface area contributed by atoms with Gasteiger partial charge in [-0.3, -0.25) is 5.41 Å². The molecule has 1 heterocycles. The smallest absolute Gasteiger partial charge is 0.124 e. The Morgan fingerprint density at radius 3 is 3.00 bits per heavy atom. The van der Waals surface area contributed by atoms with Gasteiger partial charge in [-0.2, -0.15) is 0 Å². The Labute approximate surface area is 109 Å². The number of hydrogen-bond acceptors (Lipinski definition) is 3. The molecule has 1 aromatic rings. The molecule has 1 unspecified atom stereocenters. The van der Waals surface area contributed by atoms with Crippen molar-refractivity contribution in [2.45, 2.75) is 18.9 Å². The topological polar surface area (TPSA) is 73.3 Å². The van der Waals surface area contributed by atoms with Gasteiger partial charge in [0.25, 0.3) is 0 Å². The van der Waals surface area contributed by atoms with Gasteiger partial charge in [0.15, 0.2) is 0 Å². The highest BCUT2D eigenvalue weighted by Crippen LogP contribution is 2.30. The first-order valence-corrected chi connectivity index (χ1v) is 6.44. The maximum atomic E-state index is 9.36. The SMILES string of the molecule is N=C(N)c1ccc(Br)cc1N1CCCC1CO. The first-order chi connectivity index (χ1) is 8.13. The number of halogens is 1. The molecular weight excluding hydrogens is 282 g/mol. The monoisotopic (exact) mass is 297 g/mol. The zero-order valence-corrected chi connectivity index (χ0v) is 11.1. The van der Waals surface area contributed by atoms with E-state index in [1.165, 1.54) is 0 Å². The molecule has 1 saturated heterocycles. The largest absolute Gasteiger partial charge is 0.394 e. The van der Waals surface area contributed by atoms with Crippen molar-refractivity contribution in [3.05, 3.63) is 28.2 Å². The normalized spacial score (nSPS) is 19.6. The number of hydrogen-bond donors (Lipinski definition) is 3. The number of rotatable bonds is 3. The van der Waals surface area contributed by atoms with Gasteiger partial charge in [0.2, 0.25) is 0 Å². The number of nitrogen functional groups attached to an aromatic ring is 1. The van der Waals surface area contributed by atoms with E-state index in [1.807, 2.05) is 18.2 Å². The average molecular weight is 298 g/mol. The van der Waals surface area contributed by atoms with Gasteiger partial charge in [0.05, 0.1) is 12.6 Å². The summed E-state index contributed by atoms with van der Waals surface area (Å²) in [5.41, 5.74) is 7.26. The summed E-state index contributed by atoms with van der Waals surface area (Å²) in [6.07, 6.45) is 2.05. The van der Waals surface area contributed by atoms with Gasteiger partial charge < -0.3 is 15.7 Å². The van der Waals surface area contributed by atoms with Crippen LogP contribution >= 0.6 is 15.9 Å². The highest BCUT2D eigenvalue weighted by molar-refractivity contribution is 9.10. The minimum atomic E-state index is 0.0658. The van der Waals surface area contributed by atoms with Crippen LogP contribution in [0.25, 0.3) is 0 Å². The van der Waals surface area contributed by atoms with Gasteiger partial charge in [-0.15, -0.1) is 0 Å². The average Bonchev–Trinajstić information content (AvgIpc) is 2.76. The van der Waals surface area contributed by atoms with E-state index in [0.29, 0.717) is 0 Å². The molecule has 4 N–H and O–H groups in total. The van der Waals surface area contributed by atoms with Crippen LogP contribution in [-0.4, -0.2) is 30.1 Å². The summed E-state index contributed by atoms with van der Waals surface area (Å²) in [4.78, 5) is 2.14. The number of aliphatic hydroxyl groups excluding tert-OH is 1. The zero-order chi connectivity index (χ0) is 12.4. The summed E-state index contributed by atoms with van der Waals surface area (Å²) in [5, 5.41) is 17.0.